The fraction of sp³-hybridized carbons (Fsp3) is 0.444. The highest BCUT2D eigenvalue weighted by Crippen LogP contribution is 2.24. The van der Waals surface area contributed by atoms with Crippen LogP contribution in [0.3, 0.4) is 0 Å². The molecule has 0 saturated carbocycles. The lowest BCUT2D eigenvalue weighted by Crippen LogP contribution is -2.36. The molecule has 126 valence electrons. The molecule has 2 aromatic rings. The SMILES string of the molecule is CC(=O)O[C@@H]1CCc2nc3ccccc3nc2CC[C@H]1OC(C)=O. The quantitative estimate of drug-likeness (QED) is 0.788. The number of para-hydroxylation sites is 2. The van der Waals surface area contributed by atoms with E-state index in [2.05, 4.69) is 0 Å². The number of benzene rings is 1. The summed E-state index contributed by atoms with van der Waals surface area (Å²) in [4.78, 5) is 32.2. The van der Waals surface area contributed by atoms with Crippen molar-refractivity contribution in [3.63, 3.8) is 0 Å². The summed E-state index contributed by atoms with van der Waals surface area (Å²) in [6.45, 7) is 2.73. The Labute approximate surface area is 140 Å². The molecular weight excluding hydrogens is 308 g/mol. The summed E-state index contributed by atoms with van der Waals surface area (Å²) in [6.07, 6.45) is 1.46. The van der Waals surface area contributed by atoms with Gasteiger partial charge in [-0.05, 0) is 37.8 Å². The molecule has 1 heterocycles. The van der Waals surface area contributed by atoms with E-state index < -0.39 is 12.2 Å². The minimum Gasteiger partial charge on any atom is -0.459 e. The zero-order valence-electron chi connectivity index (χ0n) is 13.8. The van der Waals surface area contributed by atoms with Crippen LogP contribution >= 0.6 is 0 Å². The largest absolute Gasteiger partial charge is 0.459 e. The Morgan fingerprint density at radius 3 is 1.67 bits per heavy atom. The molecule has 6 nitrogen and oxygen atoms in total. The number of hydrogen-bond acceptors (Lipinski definition) is 6. The van der Waals surface area contributed by atoms with Crippen LogP contribution in [0.4, 0.5) is 0 Å². The number of carbonyl (C=O) groups excluding carboxylic acids is 2. The average Bonchev–Trinajstić information content (AvgIpc) is 2.53. The maximum absolute atomic E-state index is 11.4. The minimum absolute atomic E-state index is 0.373. The molecule has 0 aliphatic heterocycles. The molecule has 24 heavy (non-hydrogen) atoms. The van der Waals surface area contributed by atoms with Crippen molar-refractivity contribution < 1.29 is 19.1 Å². The number of ether oxygens (including phenoxy) is 2. The lowest BCUT2D eigenvalue weighted by Gasteiger charge is -2.28. The minimum atomic E-state index is -0.451. The summed E-state index contributed by atoms with van der Waals surface area (Å²) in [6, 6.07) is 7.74. The number of hydrogen-bond donors (Lipinski definition) is 0. The third-order valence-electron chi connectivity index (χ3n) is 4.11. The van der Waals surface area contributed by atoms with E-state index in [1.54, 1.807) is 0 Å². The van der Waals surface area contributed by atoms with Gasteiger partial charge in [0.1, 0.15) is 12.2 Å². The van der Waals surface area contributed by atoms with Crippen LogP contribution in [0.5, 0.6) is 0 Å². The molecule has 1 aromatic heterocycles. The van der Waals surface area contributed by atoms with Crippen LogP contribution in [0, 0.1) is 0 Å². The van der Waals surface area contributed by atoms with Crippen molar-refractivity contribution in [1.82, 2.24) is 9.97 Å². The number of carbonyl (C=O) groups is 2. The van der Waals surface area contributed by atoms with E-state index in [-0.39, 0.29) is 11.9 Å². The first-order valence-corrected chi connectivity index (χ1v) is 8.12. The normalized spacial score (nSPS) is 20.6. The van der Waals surface area contributed by atoms with Gasteiger partial charge in [-0.15, -0.1) is 0 Å². The molecular formula is C18H20N2O4. The zero-order chi connectivity index (χ0) is 17.1. The predicted molar refractivity (Wildman–Crippen MR) is 87.3 cm³/mol. The summed E-state index contributed by atoms with van der Waals surface area (Å²) >= 11 is 0. The standard InChI is InChI=1S/C18H20N2O4/c1-11(21)23-17-9-7-15-16(8-10-18(17)24-12(2)22)20-14-6-4-3-5-13(14)19-15/h3-6,17-18H,7-10H2,1-2H3/t17-,18-/m1/s1. The number of aromatic nitrogens is 2. The van der Waals surface area contributed by atoms with E-state index >= 15 is 0 Å². The van der Waals surface area contributed by atoms with Gasteiger partial charge in [0.25, 0.3) is 0 Å². The van der Waals surface area contributed by atoms with Gasteiger partial charge in [-0.2, -0.15) is 0 Å². The monoisotopic (exact) mass is 328 g/mol. The molecule has 1 aromatic carbocycles. The first-order valence-electron chi connectivity index (χ1n) is 8.12. The molecule has 0 radical (unpaired) electrons. The van der Waals surface area contributed by atoms with Crippen molar-refractivity contribution >= 4 is 23.0 Å². The van der Waals surface area contributed by atoms with Gasteiger partial charge in [0.15, 0.2) is 0 Å². The summed E-state index contributed by atoms with van der Waals surface area (Å²) in [5, 5.41) is 0. The lowest BCUT2D eigenvalue weighted by molar-refractivity contribution is -0.166. The Morgan fingerprint density at radius 2 is 1.29 bits per heavy atom. The lowest BCUT2D eigenvalue weighted by atomic mass is 9.95. The average molecular weight is 328 g/mol. The zero-order valence-corrected chi connectivity index (χ0v) is 13.8. The second-order valence-electron chi connectivity index (χ2n) is 5.98. The molecule has 0 bridgehead atoms. The van der Waals surface area contributed by atoms with Crippen molar-refractivity contribution in [2.24, 2.45) is 0 Å². The van der Waals surface area contributed by atoms with Crippen molar-refractivity contribution in [2.45, 2.75) is 51.7 Å². The molecule has 1 aliphatic carbocycles. The molecule has 0 unspecified atom stereocenters. The van der Waals surface area contributed by atoms with Crippen LogP contribution in [0.2, 0.25) is 0 Å². The van der Waals surface area contributed by atoms with Gasteiger partial charge in [-0.1, -0.05) is 12.1 Å². The summed E-state index contributed by atoms with van der Waals surface area (Å²) in [7, 11) is 0. The molecule has 1 aliphatic rings. The van der Waals surface area contributed by atoms with Crippen molar-refractivity contribution in [3.05, 3.63) is 35.7 Å². The Hall–Kier alpha value is -2.50. The Balaban J connectivity index is 1.90. The summed E-state index contributed by atoms with van der Waals surface area (Å²) < 4.78 is 10.8. The van der Waals surface area contributed by atoms with Gasteiger partial charge < -0.3 is 9.47 Å². The van der Waals surface area contributed by atoms with Crippen LogP contribution < -0.4 is 0 Å². The number of fused-ring (bicyclic) bond motifs is 2. The van der Waals surface area contributed by atoms with E-state index in [1.807, 2.05) is 24.3 Å². The summed E-state index contributed by atoms with van der Waals surface area (Å²) in [5.74, 6) is -0.745. The summed E-state index contributed by atoms with van der Waals surface area (Å²) in [5.41, 5.74) is 3.56. The molecule has 2 atom stereocenters. The third kappa shape index (κ3) is 3.69. The maximum Gasteiger partial charge on any atom is 0.303 e. The highest BCUT2D eigenvalue weighted by Gasteiger charge is 2.30. The highest BCUT2D eigenvalue weighted by atomic mass is 16.6. The van der Waals surface area contributed by atoms with Crippen molar-refractivity contribution in [2.75, 3.05) is 0 Å². The Morgan fingerprint density at radius 1 is 0.875 bits per heavy atom. The van der Waals surface area contributed by atoms with Gasteiger partial charge in [-0.25, -0.2) is 9.97 Å². The van der Waals surface area contributed by atoms with Gasteiger partial charge in [0, 0.05) is 13.8 Å². The number of aryl methyl sites for hydroxylation is 2. The molecule has 0 spiro atoms. The molecule has 0 fully saturated rings. The molecule has 0 saturated heterocycles. The number of rotatable bonds is 2. The van der Waals surface area contributed by atoms with Crippen LogP contribution in [0.25, 0.3) is 11.0 Å². The molecule has 3 rings (SSSR count). The fourth-order valence-electron chi connectivity index (χ4n) is 3.10. The fourth-order valence-corrected chi connectivity index (χ4v) is 3.10. The van der Waals surface area contributed by atoms with Crippen LogP contribution in [0.1, 0.15) is 38.1 Å². The van der Waals surface area contributed by atoms with Crippen molar-refractivity contribution in [3.8, 4) is 0 Å². The van der Waals surface area contributed by atoms with E-state index in [0.29, 0.717) is 25.7 Å². The predicted octanol–water partition coefficient (Wildman–Crippen LogP) is 2.37. The maximum atomic E-state index is 11.4. The van der Waals surface area contributed by atoms with Crippen LogP contribution in [-0.4, -0.2) is 34.1 Å². The molecule has 0 N–H and O–H groups in total. The van der Waals surface area contributed by atoms with Crippen LogP contribution in [0.15, 0.2) is 24.3 Å². The van der Waals surface area contributed by atoms with Gasteiger partial charge in [-0.3, -0.25) is 9.59 Å². The van der Waals surface area contributed by atoms with Gasteiger partial charge in [0.2, 0.25) is 0 Å². The Kier molecular flexibility index (Phi) is 4.74. The third-order valence-corrected chi connectivity index (χ3v) is 4.11. The highest BCUT2D eigenvalue weighted by molar-refractivity contribution is 5.74. The molecule has 0 amide bonds. The molecule has 6 heteroatoms. The number of nitrogens with zero attached hydrogens (tertiary/aromatic N) is 2. The van der Waals surface area contributed by atoms with E-state index in [0.717, 1.165) is 22.4 Å². The van der Waals surface area contributed by atoms with E-state index in [4.69, 9.17) is 19.4 Å². The Bertz CT molecular complexity index is 710. The smallest absolute Gasteiger partial charge is 0.303 e. The van der Waals surface area contributed by atoms with Gasteiger partial charge >= 0.3 is 11.9 Å². The van der Waals surface area contributed by atoms with E-state index in [1.165, 1.54) is 13.8 Å². The number of esters is 2. The van der Waals surface area contributed by atoms with E-state index in [9.17, 15) is 9.59 Å². The second-order valence-corrected chi connectivity index (χ2v) is 5.98. The van der Waals surface area contributed by atoms with Crippen molar-refractivity contribution in [1.29, 1.82) is 0 Å². The first kappa shape index (κ1) is 16.4. The topological polar surface area (TPSA) is 78.4 Å². The van der Waals surface area contributed by atoms with Gasteiger partial charge in [0.05, 0.1) is 22.4 Å². The second kappa shape index (κ2) is 6.95. The van der Waals surface area contributed by atoms with Crippen LogP contribution in [-0.2, 0) is 31.9 Å². The first-order chi connectivity index (χ1) is 11.5.